The van der Waals surface area contributed by atoms with Crippen molar-refractivity contribution in [2.45, 2.75) is 18.4 Å². The Morgan fingerprint density at radius 2 is 1.71 bits per heavy atom. The Morgan fingerprint density at radius 3 is 2.46 bits per heavy atom. The van der Waals surface area contributed by atoms with Crippen LogP contribution in [0.4, 0.5) is 0 Å². The predicted octanol–water partition coefficient (Wildman–Crippen LogP) is 3.92. The molecule has 3 rings (SSSR count). The van der Waals surface area contributed by atoms with Crippen LogP contribution in [0.2, 0.25) is 0 Å². The van der Waals surface area contributed by atoms with Crippen LogP contribution in [0.15, 0.2) is 59.6 Å². The van der Waals surface area contributed by atoms with Crippen LogP contribution in [0.25, 0.3) is 22.0 Å². The second kappa shape index (κ2) is 7.93. The molecule has 3 aromatic rings. The number of fused-ring (bicyclic) bond motifs is 1. The molecule has 2 aromatic carbocycles. The molecule has 1 heterocycles. The van der Waals surface area contributed by atoms with E-state index in [1.807, 2.05) is 61.5 Å². The molecule has 0 aliphatic carbocycles. The average Bonchev–Trinajstić information content (AvgIpc) is 2.65. The molecular weight excluding hydrogens is 318 g/mol. The number of hydrogen-bond donors (Lipinski definition) is 1. The summed E-state index contributed by atoms with van der Waals surface area (Å²) < 4.78 is 0. The van der Waals surface area contributed by atoms with Crippen LogP contribution in [0.5, 0.6) is 0 Å². The minimum atomic E-state index is 0.0277. The fourth-order valence-corrected chi connectivity index (χ4v) is 3.25. The number of hydrogen-bond acceptors (Lipinski definition) is 4. The number of thioether (sulfide) groups is 1. The van der Waals surface area contributed by atoms with Crippen molar-refractivity contribution in [1.82, 2.24) is 15.5 Å². The fourth-order valence-electron chi connectivity index (χ4n) is 2.44. The van der Waals surface area contributed by atoms with E-state index in [-0.39, 0.29) is 5.91 Å². The number of nitrogens with one attached hydrogen (secondary N) is 1. The van der Waals surface area contributed by atoms with Gasteiger partial charge in [0.2, 0.25) is 5.91 Å². The topological polar surface area (TPSA) is 54.9 Å². The lowest BCUT2D eigenvalue weighted by Crippen LogP contribution is -2.25. The highest BCUT2D eigenvalue weighted by Crippen LogP contribution is 2.31. The molecule has 0 radical (unpaired) electrons. The highest BCUT2D eigenvalue weighted by molar-refractivity contribution is 8.00. The minimum Gasteiger partial charge on any atom is -0.355 e. The van der Waals surface area contributed by atoms with Crippen molar-refractivity contribution in [3.05, 3.63) is 54.6 Å². The third-order valence-corrected chi connectivity index (χ3v) is 4.59. The quantitative estimate of drug-likeness (QED) is 0.693. The zero-order valence-electron chi connectivity index (χ0n) is 13.5. The molecule has 0 saturated heterocycles. The maximum atomic E-state index is 11.8. The van der Waals surface area contributed by atoms with Gasteiger partial charge in [0.1, 0.15) is 10.7 Å². The first-order chi connectivity index (χ1) is 11.8. The van der Waals surface area contributed by atoms with Gasteiger partial charge in [0.05, 0.1) is 5.75 Å². The van der Waals surface area contributed by atoms with Crippen LogP contribution in [0.3, 0.4) is 0 Å². The van der Waals surface area contributed by atoms with E-state index in [0.717, 1.165) is 33.5 Å². The lowest BCUT2D eigenvalue weighted by atomic mass is 10.1. The zero-order valence-corrected chi connectivity index (χ0v) is 14.3. The number of rotatable bonds is 6. The number of carbonyl (C=O) groups excluding carboxylic acids is 1. The Bertz CT molecular complexity index is 836. The van der Waals surface area contributed by atoms with Crippen molar-refractivity contribution < 1.29 is 4.79 Å². The first-order valence-corrected chi connectivity index (χ1v) is 8.98. The standard InChI is InChI=1S/C19H19N3OS/c1-2-12-20-17(23)13-24-19-16-11-7-6-10-15(16)18(21-22-19)14-8-4-3-5-9-14/h3-11H,2,12-13H2,1H3,(H,20,23). The molecule has 0 aliphatic heterocycles. The Balaban J connectivity index is 1.90. The molecular formula is C19H19N3OS. The molecule has 122 valence electrons. The van der Waals surface area contributed by atoms with Gasteiger partial charge in [0, 0.05) is 22.9 Å². The van der Waals surface area contributed by atoms with Crippen LogP contribution in [0.1, 0.15) is 13.3 Å². The van der Waals surface area contributed by atoms with E-state index in [1.165, 1.54) is 11.8 Å². The number of benzene rings is 2. The second-order valence-corrected chi connectivity index (χ2v) is 6.37. The molecule has 0 unspecified atom stereocenters. The molecule has 0 bridgehead atoms. The monoisotopic (exact) mass is 337 g/mol. The summed E-state index contributed by atoms with van der Waals surface area (Å²) in [7, 11) is 0. The maximum Gasteiger partial charge on any atom is 0.230 e. The predicted molar refractivity (Wildman–Crippen MR) is 99.0 cm³/mol. The summed E-state index contributed by atoms with van der Waals surface area (Å²) in [6.07, 6.45) is 0.935. The molecule has 1 amide bonds. The van der Waals surface area contributed by atoms with E-state index in [2.05, 4.69) is 15.5 Å². The highest BCUT2D eigenvalue weighted by atomic mass is 32.2. The molecule has 0 aliphatic rings. The lowest BCUT2D eigenvalue weighted by Gasteiger charge is -2.09. The third kappa shape index (κ3) is 3.74. The SMILES string of the molecule is CCCNC(=O)CSc1nnc(-c2ccccc2)c2ccccc12. The van der Waals surface area contributed by atoms with Crippen molar-refractivity contribution in [2.24, 2.45) is 0 Å². The Morgan fingerprint density at radius 1 is 1.00 bits per heavy atom. The van der Waals surface area contributed by atoms with Crippen LogP contribution < -0.4 is 5.32 Å². The van der Waals surface area contributed by atoms with Crippen molar-refractivity contribution in [1.29, 1.82) is 0 Å². The Labute approximate surface area is 145 Å². The lowest BCUT2D eigenvalue weighted by molar-refractivity contribution is -0.118. The molecule has 4 nitrogen and oxygen atoms in total. The number of nitrogens with zero attached hydrogens (tertiary/aromatic N) is 2. The van der Waals surface area contributed by atoms with Crippen molar-refractivity contribution in [3.8, 4) is 11.3 Å². The van der Waals surface area contributed by atoms with Crippen molar-refractivity contribution in [2.75, 3.05) is 12.3 Å². The molecule has 0 atom stereocenters. The number of aromatic nitrogens is 2. The fraction of sp³-hybridized carbons (Fsp3) is 0.211. The van der Waals surface area contributed by atoms with Gasteiger partial charge in [-0.2, -0.15) is 0 Å². The summed E-state index contributed by atoms with van der Waals surface area (Å²) >= 11 is 1.43. The van der Waals surface area contributed by atoms with Gasteiger partial charge in [-0.1, -0.05) is 73.3 Å². The third-order valence-electron chi connectivity index (χ3n) is 3.61. The normalized spacial score (nSPS) is 10.7. The molecule has 0 saturated carbocycles. The molecule has 24 heavy (non-hydrogen) atoms. The van der Waals surface area contributed by atoms with Gasteiger partial charge in [-0.15, -0.1) is 10.2 Å². The molecule has 1 N–H and O–H groups in total. The van der Waals surface area contributed by atoms with Gasteiger partial charge in [0.25, 0.3) is 0 Å². The minimum absolute atomic E-state index is 0.0277. The Hall–Kier alpha value is -2.40. The highest BCUT2D eigenvalue weighted by Gasteiger charge is 2.12. The van der Waals surface area contributed by atoms with E-state index in [1.54, 1.807) is 0 Å². The maximum absolute atomic E-state index is 11.8. The van der Waals surface area contributed by atoms with Crippen molar-refractivity contribution in [3.63, 3.8) is 0 Å². The summed E-state index contributed by atoms with van der Waals surface area (Å²) in [6.45, 7) is 2.74. The van der Waals surface area contributed by atoms with E-state index in [0.29, 0.717) is 12.3 Å². The number of carbonyl (C=O) groups is 1. The van der Waals surface area contributed by atoms with Gasteiger partial charge in [-0.25, -0.2) is 0 Å². The Kier molecular flexibility index (Phi) is 5.43. The van der Waals surface area contributed by atoms with E-state index >= 15 is 0 Å². The zero-order chi connectivity index (χ0) is 16.8. The molecule has 1 aromatic heterocycles. The summed E-state index contributed by atoms with van der Waals surface area (Å²) in [6, 6.07) is 18.1. The second-order valence-electron chi connectivity index (χ2n) is 5.40. The van der Waals surface area contributed by atoms with Gasteiger partial charge in [-0.05, 0) is 6.42 Å². The van der Waals surface area contributed by atoms with Gasteiger partial charge < -0.3 is 5.32 Å². The molecule has 0 fully saturated rings. The first kappa shape index (κ1) is 16.5. The van der Waals surface area contributed by atoms with Crippen LogP contribution in [-0.4, -0.2) is 28.4 Å². The summed E-state index contributed by atoms with van der Waals surface area (Å²) in [5, 5.41) is 14.5. The molecule has 0 spiro atoms. The smallest absolute Gasteiger partial charge is 0.230 e. The van der Waals surface area contributed by atoms with E-state index in [4.69, 9.17) is 0 Å². The van der Waals surface area contributed by atoms with Gasteiger partial charge in [-0.3, -0.25) is 4.79 Å². The van der Waals surface area contributed by atoms with Crippen LogP contribution in [-0.2, 0) is 4.79 Å². The van der Waals surface area contributed by atoms with Crippen molar-refractivity contribution >= 4 is 28.4 Å². The van der Waals surface area contributed by atoms with Gasteiger partial charge in [0.15, 0.2) is 0 Å². The van der Waals surface area contributed by atoms with Crippen LogP contribution in [0, 0.1) is 0 Å². The summed E-state index contributed by atoms with van der Waals surface area (Å²) in [4.78, 5) is 11.8. The largest absolute Gasteiger partial charge is 0.355 e. The van der Waals surface area contributed by atoms with Gasteiger partial charge >= 0.3 is 0 Å². The summed E-state index contributed by atoms with van der Waals surface area (Å²) in [5.41, 5.74) is 1.91. The molecule has 5 heteroatoms. The summed E-state index contributed by atoms with van der Waals surface area (Å²) in [5.74, 6) is 0.378. The average molecular weight is 337 g/mol. The first-order valence-electron chi connectivity index (χ1n) is 8.00. The van der Waals surface area contributed by atoms with Crippen LogP contribution >= 0.6 is 11.8 Å². The number of amides is 1. The van der Waals surface area contributed by atoms with E-state index < -0.39 is 0 Å². The van der Waals surface area contributed by atoms with E-state index in [9.17, 15) is 4.79 Å².